The number of nitriles is 1. The summed E-state index contributed by atoms with van der Waals surface area (Å²) in [6.45, 7) is 6.36. The fraction of sp³-hybridized carbons (Fsp3) is 0.333. The third-order valence-corrected chi connectivity index (χ3v) is 7.45. The Labute approximate surface area is 222 Å². The number of cyclic esters (lactones) is 1. The van der Waals surface area contributed by atoms with Crippen molar-refractivity contribution >= 4 is 12.0 Å². The Kier molecular flexibility index (Phi) is 6.77. The van der Waals surface area contributed by atoms with Crippen LogP contribution in [0.1, 0.15) is 62.8 Å². The van der Waals surface area contributed by atoms with Gasteiger partial charge in [-0.2, -0.15) is 5.26 Å². The SMILES string of the molecule is CC1=NNC(C)(CC[C@]2(c3ccccc3)CCN([C@@H](C)c3ccc(-c4ccc(C#N)cn4)cc3)C(=O)O2)O1. The molecule has 0 radical (unpaired) electrons. The van der Waals surface area contributed by atoms with Gasteiger partial charge >= 0.3 is 6.09 Å². The highest BCUT2D eigenvalue weighted by Crippen LogP contribution is 2.42. The van der Waals surface area contributed by atoms with E-state index in [1.165, 1.54) is 0 Å². The molecule has 0 bridgehead atoms. The molecule has 3 aromatic rings. The summed E-state index contributed by atoms with van der Waals surface area (Å²) in [5, 5.41) is 13.2. The largest absolute Gasteiger partial charge is 0.453 e. The first-order chi connectivity index (χ1) is 18.3. The Hall–Kier alpha value is -4.38. The first kappa shape index (κ1) is 25.3. The van der Waals surface area contributed by atoms with E-state index in [0.29, 0.717) is 37.3 Å². The van der Waals surface area contributed by atoms with Gasteiger partial charge in [0.1, 0.15) is 11.7 Å². The van der Waals surface area contributed by atoms with Crippen molar-refractivity contribution in [2.75, 3.05) is 6.54 Å². The lowest BCUT2D eigenvalue weighted by Gasteiger charge is -2.44. The third-order valence-electron chi connectivity index (χ3n) is 7.45. The van der Waals surface area contributed by atoms with Crippen LogP contribution >= 0.6 is 0 Å². The highest BCUT2D eigenvalue weighted by Gasteiger charge is 2.45. The van der Waals surface area contributed by atoms with E-state index in [1.807, 2.05) is 81.4 Å². The van der Waals surface area contributed by atoms with Crippen LogP contribution in [0.4, 0.5) is 4.79 Å². The van der Waals surface area contributed by atoms with E-state index in [2.05, 4.69) is 21.6 Å². The number of carbonyl (C=O) groups excluding carboxylic acids is 1. The number of benzene rings is 2. The summed E-state index contributed by atoms with van der Waals surface area (Å²) < 4.78 is 12.2. The summed E-state index contributed by atoms with van der Waals surface area (Å²) in [4.78, 5) is 19.6. The zero-order valence-corrected chi connectivity index (χ0v) is 21.8. The minimum absolute atomic E-state index is 0.160. The Morgan fingerprint density at radius 2 is 1.84 bits per heavy atom. The summed E-state index contributed by atoms with van der Waals surface area (Å²) in [6.07, 6.45) is 3.12. The van der Waals surface area contributed by atoms with Gasteiger partial charge in [0.15, 0.2) is 5.72 Å². The van der Waals surface area contributed by atoms with E-state index in [-0.39, 0.29) is 12.1 Å². The number of carbonyl (C=O) groups is 1. The molecule has 1 unspecified atom stereocenters. The number of amides is 1. The second-order valence-corrected chi connectivity index (χ2v) is 10.1. The second-order valence-electron chi connectivity index (χ2n) is 10.1. The standard InChI is InChI=1S/C30H31N5O3/c1-21(24-10-12-25(13-11-24)27-14-9-23(19-31)20-32-27)35-18-17-30(38-28(35)36,26-7-5-4-6-8-26)16-15-29(3)34-33-22(2)37-29/h4-14,20-21,34H,15-18H2,1-3H3/t21-,29?,30+/m0/s1. The maximum atomic E-state index is 13.5. The average molecular weight is 510 g/mol. The highest BCUT2D eigenvalue weighted by molar-refractivity contribution is 5.74. The van der Waals surface area contributed by atoms with Gasteiger partial charge in [0, 0.05) is 38.1 Å². The van der Waals surface area contributed by atoms with Crippen LogP contribution in [0.15, 0.2) is 78.0 Å². The second kappa shape index (κ2) is 10.2. The number of nitrogens with zero attached hydrogens (tertiary/aromatic N) is 4. The van der Waals surface area contributed by atoms with Crippen LogP contribution in [0, 0.1) is 11.3 Å². The van der Waals surface area contributed by atoms with Crippen LogP contribution in [0.25, 0.3) is 11.3 Å². The molecule has 194 valence electrons. The number of hydrazone groups is 1. The number of hydrogen-bond acceptors (Lipinski definition) is 7. The van der Waals surface area contributed by atoms with Crippen LogP contribution in [0.3, 0.4) is 0 Å². The molecule has 38 heavy (non-hydrogen) atoms. The zero-order chi connectivity index (χ0) is 26.8. The number of nitrogens with one attached hydrogen (secondary N) is 1. The Morgan fingerprint density at radius 3 is 2.45 bits per heavy atom. The normalized spacial score (nSPS) is 23.5. The van der Waals surface area contributed by atoms with Crippen molar-refractivity contribution in [3.63, 3.8) is 0 Å². The first-order valence-corrected chi connectivity index (χ1v) is 12.8. The molecule has 1 fully saturated rings. The van der Waals surface area contributed by atoms with Gasteiger partial charge in [-0.25, -0.2) is 4.79 Å². The molecule has 0 saturated carbocycles. The van der Waals surface area contributed by atoms with Gasteiger partial charge in [0.2, 0.25) is 5.90 Å². The summed E-state index contributed by atoms with van der Waals surface area (Å²) in [7, 11) is 0. The molecule has 3 heterocycles. The van der Waals surface area contributed by atoms with Crippen molar-refractivity contribution in [1.29, 1.82) is 5.26 Å². The molecular weight excluding hydrogens is 478 g/mol. The van der Waals surface area contributed by atoms with Crippen LogP contribution < -0.4 is 5.43 Å². The quantitative estimate of drug-likeness (QED) is 0.428. The maximum Gasteiger partial charge on any atom is 0.411 e. The van der Waals surface area contributed by atoms with Gasteiger partial charge < -0.3 is 14.4 Å². The number of aromatic nitrogens is 1. The lowest BCUT2D eigenvalue weighted by molar-refractivity contribution is -0.0780. The lowest BCUT2D eigenvalue weighted by Crippen LogP contribution is -2.50. The molecule has 2 aromatic carbocycles. The van der Waals surface area contributed by atoms with Gasteiger partial charge in [-0.05, 0) is 43.5 Å². The third kappa shape index (κ3) is 5.05. The highest BCUT2D eigenvalue weighted by atomic mass is 16.6. The molecule has 2 aliphatic heterocycles. The summed E-state index contributed by atoms with van der Waals surface area (Å²) in [6, 6.07) is 23.5. The van der Waals surface area contributed by atoms with Crippen LogP contribution in [0.5, 0.6) is 0 Å². The molecule has 8 nitrogen and oxygen atoms in total. The van der Waals surface area contributed by atoms with E-state index < -0.39 is 11.3 Å². The number of pyridine rings is 1. The minimum Gasteiger partial charge on any atom is -0.453 e. The average Bonchev–Trinajstić information content (AvgIpc) is 3.30. The molecule has 1 saturated heterocycles. The molecule has 1 N–H and O–H groups in total. The topological polar surface area (TPSA) is 99.8 Å². The van der Waals surface area contributed by atoms with Crippen molar-refractivity contribution in [2.24, 2.45) is 5.10 Å². The fourth-order valence-electron chi connectivity index (χ4n) is 5.15. The Balaban J connectivity index is 1.31. The van der Waals surface area contributed by atoms with Crippen molar-refractivity contribution in [2.45, 2.75) is 57.4 Å². The van der Waals surface area contributed by atoms with E-state index in [0.717, 1.165) is 22.4 Å². The minimum atomic E-state index is -0.746. The van der Waals surface area contributed by atoms with Crippen LogP contribution in [0.2, 0.25) is 0 Å². The summed E-state index contributed by atoms with van der Waals surface area (Å²) in [5.41, 5.74) is 5.96. The predicted octanol–water partition coefficient (Wildman–Crippen LogP) is 5.87. The predicted molar refractivity (Wildman–Crippen MR) is 144 cm³/mol. The smallest absolute Gasteiger partial charge is 0.411 e. The molecule has 2 aliphatic rings. The number of ether oxygens (including phenoxy) is 2. The molecule has 0 aliphatic carbocycles. The summed E-state index contributed by atoms with van der Waals surface area (Å²) >= 11 is 0. The van der Waals surface area contributed by atoms with Gasteiger partial charge in [0.25, 0.3) is 0 Å². The van der Waals surface area contributed by atoms with E-state index in [4.69, 9.17) is 14.7 Å². The molecular formula is C30H31N5O3. The maximum absolute atomic E-state index is 13.5. The Morgan fingerprint density at radius 1 is 1.08 bits per heavy atom. The molecule has 0 spiro atoms. The van der Waals surface area contributed by atoms with Gasteiger partial charge in [-0.1, -0.05) is 54.6 Å². The number of rotatable bonds is 7. The molecule has 1 amide bonds. The zero-order valence-electron chi connectivity index (χ0n) is 21.8. The molecule has 5 rings (SSSR count). The first-order valence-electron chi connectivity index (χ1n) is 12.8. The van der Waals surface area contributed by atoms with Gasteiger partial charge in [-0.15, -0.1) is 5.10 Å². The van der Waals surface area contributed by atoms with Gasteiger partial charge in [-0.3, -0.25) is 10.4 Å². The van der Waals surface area contributed by atoms with Crippen LogP contribution in [-0.4, -0.2) is 34.1 Å². The van der Waals surface area contributed by atoms with Crippen molar-refractivity contribution < 1.29 is 14.3 Å². The molecule has 3 atom stereocenters. The van der Waals surface area contributed by atoms with E-state index in [1.54, 1.807) is 17.2 Å². The Bertz CT molecular complexity index is 1370. The van der Waals surface area contributed by atoms with Crippen molar-refractivity contribution in [1.82, 2.24) is 15.3 Å². The summed E-state index contributed by atoms with van der Waals surface area (Å²) in [5.74, 6) is 0.600. The molecule has 1 aromatic heterocycles. The van der Waals surface area contributed by atoms with Crippen molar-refractivity contribution in [3.05, 3.63) is 89.6 Å². The lowest BCUT2D eigenvalue weighted by atomic mass is 9.83. The van der Waals surface area contributed by atoms with Crippen molar-refractivity contribution in [3.8, 4) is 17.3 Å². The fourth-order valence-corrected chi connectivity index (χ4v) is 5.15. The number of hydrogen-bond donors (Lipinski definition) is 1. The molecule has 8 heteroatoms. The monoisotopic (exact) mass is 509 g/mol. The van der Waals surface area contributed by atoms with E-state index in [9.17, 15) is 4.79 Å². The van der Waals surface area contributed by atoms with Crippen LogP contribution in [-0.2, 0) is 15.1 Å². The van der Waals surface area contributed by atoms with Gasteiger partial charge in [0.05, 0.1) is 17.3 Å². The van der Waals surface area contributed by atoms with E-state index >= 15 is 0 Å².